The average Bonchev–Trinajstić information content (AvgIpc) is 2.87. The van der Waals surface area contributed by atoms with Crippen molar-refractivity contribution in [2.45, 2.75) is 13.0 Å². The van der Waals surface area contributed by atoms with Gasteiger partial charge in [0.25, 0.3) is 5.91 Å². The van der Waals surface area contributed by atoms with Gasteiger partial charge in [0.1, 0.15) is 5.75 Å². The lowest BCUT2D eigenvalue weighted by Gasteiger charge is -2.26. The summed E-state index contributed by atoms with van der Waals surface area (Å²) in [5, 5.41) is 16.1. The van der Waals surface area contributed by atoms with Crippen molar-refractivity contribution in [1.29, 1.82) is 0 Å². The van der Waals surface area contributed by atoms with Crippen LogP contribution < -0.4 is 4.74 Å². The first-order valence-corrected chi connectivity index (χ1v) is 6.45. The Labute approximate surface area is 116 Å². The summed E-state index contributed by atoms with van der Waals surface area (Å²) in [6, 6.07) is 9.22. The highest BCUT2D eigenvalue weighted by Gasteiger charge is 2.25. The van der Waals surface area contributed by atoms with Crippen LogP contribution in [0.2, 0.25) is 0 Å². The van der Waals surface area contributed by atoms with Gasteiger partial charge in [-0.15, -0.1) is 5.10 Å². The number of H-pyrrole nitrogens is 1. The van der Waals surface area contributed by atoms with E-state index in [1.54, 1.807) is 4.90 Å². The molecule has 0 saturated heterocycles. The summed E-state index contributed by atoms with van der Waals surface area (Å²) in [4.78, 5) is 13.8. The minimum atomic E-state index is -0.0971. The van der Waals surface area contributed by atoms with Gasteiger partial charge in [-0.1, -0.05) is 18.2 Å². The van der Waals surface area contributed by atoms with Gasteiger partial charge in [-0.25, -0.2) is 0 Å². The van der Waals surface area contributed by atoms with Crippen LogP contribution in [0, 0.1) is 0 Å². The molecule has 0 bridgehead atoms. The number of nitrogens with zero attached hydrogens (tertiary/aromatic N) is 2. The van der Waals surface area contributed by atoms with Crippen molar-refractivity contribution in [2.24, 2.45) is 0 Å². The number of aromatic nitrogens is 2. The van der Waals surface area contributed by atoms with Gasteiger partial charge in [0.15, 0.2) is 6.61 Å². The Bertz CT molecular complexity index is 609. The van der Waals surface area contributed by atoms with Crippen molar-refractivity contribution >= 4 is 5.91 Å². The Morgan fingerprint density at radius 2 is 2.20 bits per heavy atom. The van der Waals surface area contributed by atoms with Gasteiger partial charge in [0, 0.05) is 18.7 Å². The molecule has 0 radical (unpaired) electrons. The zero-order valence-corrected chi connectivity index (χ0v) is 10.9. The van der Waals surface area contributed by atoms with Crippen LogP contribution >= 0.6 is 0 Å². The van der Waals surface area contributed by atoms with E-state index in [-0.39, 0.29) is 18.4 Å². The molecule has 1 aromatic heterocycles. The molecule has 6 heteroatoms. The summed E-state index contributed by atoms with van der Waals surface area (Å²) >= 11 is 0. The number of amides is 1. The molecule has 1 aliphatic rings. The predicted molar refractivity (Wildman–Crippen MR) is 71.3 cm³/mol. The number of aromatic amines is 1. The van der Waals surface area contributed by atoms with E-state index in [9.17, 15) is 9.90 Å². The molecule has 2 aromatic rings. The number of aromatic hydroxyl groups is 1. The maximum absolute atomic E-state index is 12.1. The van der Waals surface area contributed by atoms with Crippen LogP contribution in [0.3, 0.4) is 0 Å². The molecule has 6 nitrogen and oxygen atoms in total. The predicted octanol–water partition coefficient (Wildman–Crippen LogP) is 1.08. The fraction of sp³-hybridized carbons (Fsp3) is 0.286. The number of benzene rings is 1. The van der Waals surface area contributed by atoms with Crippen LogP contribution in [0.25, 0.3) is 0 Å². The standard InChI is InChI=1S/C14H15N3O3/c18-13(9-20-10-4-2-1-3-5-10)17-7-6-12-11(8-17)14(19)16-15-12/h1-5H,6-9H2,(H2,15,16,19). The minimum Gasteiger partial charge on any atom is -0.492 e. The van der Waals surface area contributed by atoms with E-state index in [1.807, 2.05) is 30.3 Å². The second-order valence-electron chi connectivity index (χ2n) is 4.67. The van der Waals surface area contributed by atoms with Crippen LogP contribution in [0.5, 0.6) is 11.6 Å². The number of carbonyl (C=O) groups excluding carboxylic acids is 1. The third-order valence-electron chi connectivity index (χ3n) is 3.37. The molecular formula is C14H15N3O3. The van der Waals surface area contributed by atoms with Crippen LogP contribution in [-0.4, -0.2) is 39.3 Å². The number of carbonyl (C=O) groups is 1. The fourth-order valence-electron chi connectivity index (χ4n) is 2.25. The molecular weight excluding hydrogens is 258 g/mol. The molecule has 1 amide bonds. The Morgan fingerprint density at radius 3 is 3.00 bits per heavy atom. The summed E-state index contributed by atoms with van der Waals surface area (Å²) in [5.74, 6) is 0.547. The Hall–Kier alpha value is -2.50. The number of nitrogens with one attached hydrogen (secondary N) is 1. The molecule has 0 atom stereocenters. The second-order valence-corrected chi connectivity index (χ2v) is 4.67. The van der Waals surface area contributed by atoms with Crippen molar-refractivity contribution < 1.29 is 14.6 Å². The third kappa shape index (κ3) is 2.45. The monoisotopic (exact) mass is 273 g/mol. The smallest absolute Gasteiger partial charge is 0.260 e. The van der Waals surface area contributed by atoms with E-state index < -0.39 is 0 Å². The molecule has 0 saturated carbocycles. The highest BCUT2D eigenvalue weighted by atomic mass is 16.5. The van der Waals surface area contributed by atoms with Gasteiger partial charge < -0.3 is 14.7 Å². The molecule has 0 fully saturated rings. The molecule has 2 N–H and O–H groups in total. The van der Waals surface area contributed by atoms with E-state index in [2.05, 4.69) is 10.2 Å². The van der Waals surface area contributed by atoms with Crippen molar-refractivity contribution in [3.8, 4) is 11.6 Å². The topological polar surface area (TPSA) is 78.5 Å². The Kier molecular flexibility index (Phi) is 3.28. The van der Waals surface area contributed by atoms with Crippen LogP contribution in [0.4, 0.5) is 0 Å². The van der Waals surface area contributed by atoms with Crippen molar-refractivity contribution in [1.82, 2.24) is 15.1 Å². The maximum Gasteiger partial charge on any atom is 0.260 e. The third-order valence-corrected chi connectivity index (χ3v) is 3.37. The summed E-state index contributed by atoms with van der Waals surface area (Å²) in [6.45, 7) is 0.970. The first-order chi connectivity index (χ1) is 9.74. The van der Waals surface area contributed by atoms with E-state index in [1.165, 1.54) is 0 Å². The highest BCUT2D eigenvalue weighted by molar-refractivity contribution is 5.78. The summed E-state index contributed by atoms with van der Waals surface area (Å²) in [5.41, 5.74) is 1.60. The van der Waals surface area contributed by atoms with Gasteiger partial charge >= 0.3 is 0 Å². The lowest BCUT2D eigenvalue weighted by Crippen LogP contribution is -2.38. The second kappa shape index (κ2) is 5.24. The normalized spacial score (nSPS) is 13.9. The minimum absolute atomic E-state index is 0.00202. The average molecular weight is 273 g/mol. The number of hydrogen-bond donors (Lipinski definition) is 2. The van der Waals surface area contributed by atoms with Gasteiger partial charge in [0.05, 0.1) is 12.1 Å². The lowest BCUT2D eigenvalue weighted by molar-refractivity contribution is -0.134. The number of para-hydroxylation sites is 1. The lowest BCUT2D eigenvalue weighted by atomic mass is 10.1. The van der Waals surface area contributed by atoms with E-state index in [0.29, 0.717) is 30.8 Å². The first kappa shape index (κ1) is 12.5. The Balaban J connectivity index is 1.60. The first-order valence-electron chi connectivity index (χ1n) is 6.45. The molecule has 0 spiro atoms. The fourth-order valence-corrected chi connectivity index (χ4v) is 2.25. The number of ether oxygens (including phenoxy) is 1. The Morgan fingerprint density at radius 1 is 1.40 bits per heavy atom. The zero-order valence-electron chi connectivity index (χ0n) is 10.9. The molecule has 104 valence electrons. The highest BCUT2D eigenvalue weighted by Crippen LogP contribution is 2.24. The van der Waals surface area contributed by atoms with Crippen LogP contribution in [-0.2, 0) is 17.8 Å². The molecule has 3 rings (SSSR count). The number of hydrogen-bond acceptors (Lipinski definition) is 4. The zero-order chi connectivity index (χ0) is 13.9. The van der Waals surface area contributed by atoms with Gasteiger partial charge in [-0.3, -0.25) is 9.89 Å². The van der Waals surface area contributed by atoms with Crippen molar-refractivity contribution in [2.75, 3.05) is 13.2 Å². The summed E-state index contributed by atoms with van der Waals surface area (Å²) in [7, 11) is 0. The van der Waals surface area contributed by atoms with Crippen LogP contribution in [0.1, 0.15) is 11.3 Å². The van der Waals surface area contributed by atoms with Gasteiger partial charge in [0.2, 0.25) is 5.88 Å². The summed E-state index contributed by atoms with van der Waals surface area (Å²) in [6.07, 6.45) is 0.667. The SMILES string of the molecule is O=C(COc1ccccc1)N1CCc2[nH]nc(O)c2C1. The number of fused-ring (bicyclic) bond motifs is 1. The molecule has 0 aliphatic carbocycles. The molecule has 1 aromatic carbocycles. The maximum atomic E-state index is 12.1. The van der Waals surface area contributed by atoms with Crippen molar-refractivity contribution in [3.05, 3.63) is 41.6 Å². The summed E-state index contributed by atoms with van der Waals surface area (Å²) < 4.78 is 5.44. The van der Waals surface area contributed by atoms with Crippen LogP contribution in [0.15, 0.2) is 30.3 Å². The molecule has 0 unspecified atom stereocenters. The molecule has 2 heterocycles. The van der Waals surface area contributed by atoms with E-state index in [4.69, 9.17) is 4.74 Å². The van der Waals surface area contributed by atoms with E-state index in [0.717, 1.165) is 5.69 Å². The molecule has 1 aliphatic heterocycles. The largest absolute Gasteiger partial charge is 0.492 e. The number of rotatable bonds is 3. The quantitative estimate of drug-likeness (QED) is 0.877. The van der Waals surface area contributed by atoms with Gasteiger partial charge in [-0.05, 0) is 12.1 Å². The van der Waals surface area contributed by atoms with Gasteiger partial charge in [-0.2, -0.15) is 0 Å². The van der Waals surface area contributed by atoms with Crippen molar-refractivity contribution in [3.63, 3.8) is 0 Å². The molecule has 20 heavy (non-hydrogen) atoms. The van der Waals surface area contributed by atoms with E-state index >= 15 is 0 Å².